The van der Waals surface area contributed by atoms with E-state index in [1.54, 1.807) is 18.3 Å². The molecule has 0 amide bonds. The molecule has 2 aromatic heterocycles. The number of rotatable bonds is 3. The molecular formula is C15H18N4O. The number of likely N-dealkylation sites (tertiary alicyclic amines) is 1. The van der Waals surface area contributed by atoms with Crippen LogP contribution in [0.2, 0.25) is 0 Å². The van der Waals surface area contributed by atoms with E-state index in [1.165, 1.54) is 29.1 Å². The zero-order chi connectivity index (χ0) is 13.9. The number of anilines is 1. The SMILES string of the molecule is CN1CCCC1c1ccc(Nn2ccccc2=O)nc1. The Bertz CT molecular complexity index is 635. The van der Waals surface area contributed by atoms with Gasteiger partial charge in [-0.15, -0.1) is 0 Å². The molecule has 1 fully saturated rings. The van der Waals surface area contributed by atoms with Crippen LogP contribution in [0.4, 0.5) is 5.82 Å². The number of pyridine rings is 2. The molecule has 5 nitrogen and oxygen atoms in total. The van der Waals surface area contributed by atoms with E-state index in [9.17, 15) is 4.79 Å². The summed E-state index contributed by atoms with van der Waals surface area (Å²) >= 11 is 0. The van der Waals surface area contributed by atoms with Gasteiger partial charge in [0.1, 0.15) is 5.82 Å². The van der Waals surface area contributed by atoms with Crippen molar-refractivity contribution >= 4 is 5.82 Å². The van der Waals surface area contributed by atoms with E-state index in [4.69, 9.17) is 0 Å². The van der Waals surface area contributed by atoms with Gasteiger partial charge in [0, 0.05) is 24.5 Å². The molecule has 0 saturated carbocycles. The minimum atomic E-state index is -0.103. The lowest BCUT2D eigenvalue weighted by atomic mass is 10.1. The van der Waals surface area contributed by atoms with Gasteiger partial charge >= 0.3 is 0 Å². The lowest BCUT2D eigenvalue weighted by molar-refractivity contribution is 0.317. The molecule has 1 saturated heterocycles. The fourth-order valence-corrected chi connectivity index (χ4v) is 2.64. The largest absolute Gasteiger partial charge is 0.299 e. The molecule has 0 aromatic carbocycles. The lowest BCUT2D eigenvalue weighted by Gasteiger charge is -2.19. The van der Waals surface area contributed by atoms with Gasteiger partial charge in [-0.25, -0.2) is 9.66 Å². The molecule has 0 bridgehead atoms. The summed E-state index contributed by atoms with van der Waals surface area (Å²) < 4.78 is 1.42. The van der Waals surface area contributed by atoms with E-state index >= 15 is 0 Å². The number of nitrogens with zero attached hydrogens (tertiary/aromatic N) is 3. The summed E-state index contributed by atoms with van der Waals surface area (Å²) in [5.74, 6) is 0.669. The molecule has 1 N–H and O–H groups in total. The molecule has 1 atom stereocenters. The second kappa shape index (κ2) is 5.46. The highest BCUT2D eigenvalue weighted by atomic mass is 16.1. The van der Waals surface area contributed by atoms with E-state index in [-0.39, 0.29) is 5.56 Å². The van der Waals surface area contributed by atoms with E-state index < -0.39 is 0 Å². The molecule has 104 valence electrons. The zero-order valence-electron chi connectivity index (χ0n) is 11.5. The lowest BCUT2D eigenvalue weighted by Crippen LogP contribution is -2.25. The molecule has 1 aliphatic rings. The van der Waals surface area contributed by atoms with Crippen LogP contribution in [0, 0.1) is 0 Å². The second-order valence-electron chi connectivity index (χ2n) is 5.14. The van der Waals surface area contributed by atoms with Crippen LogP contribution in [-0.2, 0) is 0 Å². The molecule has 1 aliphatic heterocycles. The van der Waals surface area contributed by atoms with E-state index in [0.29, 0.717) is 11.9 Å². The second-order valence-corrected chi connectivity index (χ2v) is 5.14. The van der Waals surface area contributed by atoms with Crippen molar-refractivity contribution < 1.29 is 0 Å². The molecule has 3 heterocycles. The van der Waals surface area contributed by atoms with Gasteiger partial charge in [0.25, 0.3) is 5.56 Å². The summed E-state index contributed by atoms with van der Waals surface area (Å²) in [6.45, 7) is 1.14. The third-order valence-corrected chi connectivity index (χ3v) is 3.75. The maximum atomic E-state index is 11.6. The number of nitrogens with one attached hydrogen (secondary N) is 1. The van der Waals surface area contributed by atoms with Gasteiger partial charge in [0.05, 0.1) is 0 Å². The Morgan fingerprint density at radius 3 is 2.85 bits per heavy atom. The van der Waals surface area contributed by atoms with Crippen LogP contribution in [0.5, 0.6) is 0 Å². The standard InChI is InChI=1S/C15H18N4O/c1-18-9-4-5-13(18)12-7-8-14(16-11-12)17-19-10-3-2-6-15(19)20/h2-3,6-8,10-11,13H,4-5,9H2,1H3,(H,16,17). The predicted molar refractivity (Wildman–Crippen MR) is 78.6 cm³/mol. The van der Waals surface area contributed by atoms with Crippen LogP contribution in [-0.4, -0.2) is 28.2 Å². The average Bonchev–Trinajstić information content (AvgIpc) is 2.89. The fraction of sp³-hybridized carbons (Fsp3) is 0.333. The van der Waals surface area contributed by atoms with E-state index in [2.05, 4.69) is 28.4 Å². The van der Waals surface area contributed by atoms with Gasteiger partial charge in [0.2, 0.25) is 0 Å². The molecule has 1 unspecified atom stereocenters. The molecule has 0 radical (unpaired) electrons. The van der Waals surface area contributed by atoms with Crippen LogP contribution < -0.4 is 11.0 Å². The first kappa shape index (κ1) is 12.9. The monoisotopic (exact) mass is 270 g/mol. The third-order valence-electron chi connectivity index (χ3n) is 3.75. The summed E-state index contributed by atoms with van der Waals surface area (Å²) in [6.07, 6.45) is 6.00. The van der Waals surface area contributed by atoms with Gasteiger partial charge in [-0.1, -0.05) is 12.1 Å². The summed E-state index contributed by atoms with van der Waals surface area (Å²) in [5, 5.41) is 0. The smallest absolute Gasteiger partial charge is 0.269 e. The fourth-order valence-electron chi connectivity index (χ4n) is 2.64. The van der Waals surface area contributed by atoms with Crippen molar-refractivity contribution in [1.29, 1.82) is 0 Å². The van der Waals surface area contributed by atoms with Crippen molar-refractivity contribution in [3.63, 3.8) is 0 Å². The Balaban J connectivity index is 1.76. The normalized spacial score (nSPS) is 19.1. The van der Waals surface area contributed by atoms with Crippen molar-refractivity contribution in [2.75, 3.05) is 19.0 Å². The zero-order valence-corrected chi connectivity index (χ0v) is 11.5. The Morgan fingerprint density at radius 1 is 1.30 bits per heavy atom. The van der Waals surface area contributed by atoms with Crippen molar-refractivity contribution in [2.24, 2.45) is 0 Å². The molecule has 0 aliphatic carbocycles. The minimum Gasteiger partial charge on any atom is -0.299 e. The van der Waals surface area contributed by atoms with Gasteiger partial charge in [-0.2, -0.15) is 0 Å². The first-order chi connectivity index (χ1) is 9.74. The third kappa shape index (κ3) is 2.58. The molecule has 2 aromatic rings. The van der Waals surface area contributed by atoms with Crippen molar-refractivity contribution in [3.05, 3.63) is 58.6 Å². The Labute approximate surface area is 117 Å². The summed E-state index contributed by atoms with van der Waals surface area (Å²) in [4.78, 5) is 18.4. The first-order valence-corrected chi connectivity index (χ1v) is 6.85. The summed E-state index contributed by atoms with van der Waals surface area (Å²) in [6, 6.07) is 9.49. The van der Waals surface area contributed by atoms with E-state index in [0.717, 1.165) is 6.54 Å². The number of hydrogen-bond acceptors (Lipinski definition) is 4. The number of hydrogen-bond donors (Lipinski definition) is 1. The maximum absolute atomic E-state index is 11.6. The topological polar surface area (TPSA) is 50.2 Å². The van der Waals surface area contributed by atoms with Crippen LogP contribution >= 0.6 is 0 Å². The van der Waals surface area contributed by atoms with Gasteiger partial charge in [-0.3, -0.25) is 15.1 Å². The Kier molecular flexibility index (Phi) is 3.52. The quantitative estimate of drug-likeness (QED) is 0.925. The van der Waals surface area contributed by atoms with E-state index in [1.807, 2.05) is 12.3 Å². The first-order valence-electron chi connectivity index (χ1n) is 6.85. The van der Waals surface area contributed by atoms with Gasteiger partial charge < -0.3 is 0 Å². The summed E-state index contributed by atoms with van der Waals surface area (Å²) in [5.41, 5.74) is 4.11. The minimum absolute atomic E-state index is 0.103. The molecule has 5 heteroatoms. The van der Waals surface area contributed by atoms with Crippen LogP contribution in [0.3, 0.4) is 0 Å². The highest BCUT2D eigenvalue weighted by molar-refractivity contribution is 5.36. The molecule has 3 rings (SSSR count). The number of aromatic nitrogens is 2. The highest BCUT2D eigenvalue weighted by Gasteiger charge is 2.22. The molecular weight excluding hydrogens is 252 g/mol. The predicted octanol–water partition coefficient (Wildman–Crippen LogP) is 1.89. The Morgan fingerprint density at radius 2 is 2.20 bits per heavy atom. The van der Waals surface area contributed by atoms with Crippen molar-refractivity contribution in [3.8, 4) is 0 Å². The molecule has 20 heavy (non-hydrogen) atoms. The van der Waals surface area contributed by atoms with Crippen LogP contribution in [0.15, 0.2) is 47.5 Å². The van der Waals surface area contributed by atoms with Crippen LogP contribution in [0.1, 0.15) is 24.4 Å². The molecule has 0 spiro atoms. The summed E-state index contributed by atoms with van der Waals surface area (Å²) in [7, 11) is 2.15. The maximum Gasteiger partial charge on any atom is 0.269 e. The Hall–Kier alpha value is -2.14. The average molecular weight is 270 g/mol. The van der Waals surface area contributed by atoms with Crippen molar-refractivity contribution in [1.82, 2.24) is 14.6 Å². The highest BCUT2D eigenvalue weighted by Crippen LogP contribution is 2.29. The van der Waals surface area contributed by atoms with Gasteiger partial charge in [0.15, 0.2) is 0 Å². The van der Waals surface area contributed by atoms with Crippen LogP contribution in [0.25, 0.3) is 0 Å². The van der Waals surface area contributed by atoms with Gasteiger partial charge in [-0.05, 0) is 44.1 Å². The van der Waals surface area contributed by atoms with Crippen molar-refractivity contribution in [2.45, 2.75) is 18.9 Å².